The van der Waals surface area contributed by atoms with Crippen LogP contribution in [-0.4, -0.2) is 41.7 Å². The number of hydrogen-bond donors (Lipinski definition) is 1. The molecule has 0 saturated carbocycles. The summed E-state index contributed by atoms with van der Waals surface area (Å²) in [5.74, 6) is 0. The van der Waals surface area contributed by atoms with Crippen molar-refractivity contribution in [3.63, 3.8) is 0 Å². The molecule has 0 fully saturated rings. The highest BCUT2D eigenvalue weighted by Crippen LogP contribution is 2.13. The number of rotatable bonds is 9. The van der Waals surface area contributed by atoms with E-state index in [1.54, 1.807) is 0 Å². The van der Waals surface area contributed by atoms with E-state index in [0.29, 0.717) is 0 Å². The van der Waals surface area contributed by atoms with Crippen molar-refractivity contribution >= 4 is 9.52 Å². The molecular weight excluding hydrogens is 194 g/mol. The summed E-state index contributed by atoms with van der Waals surface area (Å²) in [6.07, 6.45) is 1.23. The fraction of sp³-hybridized carbons (Fsp3) is 1.00. The van der Waals surface area contributed by atoms with Crippen LogP contribution in [0.15, 0.2) is 0 Å². The van der Waals surface area contributed by atoms with Gasteiger partial charge in [-0.25, -0.2) is 0 Å². The molecule has 0 heterocycles. The number of nitrogens with one attached hydrogen (secondary N) is 1. The first-order valence-corrected chi connectivity index (χ1v) is 7.31. The van der Waals surface area contributed by atoms with E-state index in [-0.39, 0.29) is 14.9 Å². The molecule has 0 saturated heterocycles. The molecule has 4 heteroatoms. The molecule has 1 N–H and O–H groups in total. The van der Waals surface area contributed by atoms with Crippen LogP contribution < -0.4 is 5.32 Å². The Morgan fingerprint density at radius 2 is 1.79 bits per heavy atom. The van der Waals surface area contributed by atoms with Crippen LogP contribution in [0, 0.1) is 0 Å². The fourth-order valence-electron chi connectivity index (χ4n) is 1.54. The summed E-state index contributed by atoms with van der Waals surface area (Å²) < 4.78 is 11.3. The SMILES string of the molecule is CCOC(C)(OCC)[SiH2]CCCNC. The smallest absolute Gasteiger partial charge is 0.142 e. The van der Waals surface area contributed by atoms with Crippen LogP contribution in [0.3, 0.4) is 0 Å². The molecule has 0 atom stereocenters. The third-order valence-electron chi connectivity index (χ3n) is 2.21. The lowest BCUT2D eigenvalue weighted by molar-refractivity contribution is -0.163. The van der Waals surface area contributed by atoms with Crippen molar-refractivity contribution in [2.24, 2.45) is 0 Å². The lowest BCUT2D eigenvalue weighted by Crippen LogP contribution is -2.39. The van der Waals surface area contributed by atoms with Crippen LogP contribution in [-0.2, 0) is 9.47 Å². The van der Waals surface area contributed by atoms with E-state index in [4.69, 9.17) is 9.47 Å². The summed E-state index contributed by atoms with van der Waals surface area (Å²) >= 11 is 0. The summed E-state index contributed by atoms with van der Waals surface area (Å²) in [5.41, 5.74) is -0.239. The van der Waals surface area contributed by atoms with Gasteiger partial charge in [-0.2, -0.15) is 0 Å². The molecule has 0 aliphatic heterocycles. The predicted octanol–water partition coefficient (Wildman–Crippen LogP) is 0.930. The Kier molecular flexibility index (Phi) is 8.47. The number of hydrogen-bond acceptors (Lipinski definition) is 3. The molecular formula is C10H25NO2Si. The lowest BCUT2D eigenvalue weighted by atomic mass is 10.5. The van der Waals surface area contributed by atoms with Crippen molar-refractivity contribution in [3.8, 4) is 0 Å². The zero-order chi connectivity index (χ0) is 10.9. The standard InChI is InChI=1S/C10H25NO2Si/c1-5-12-10(3,13-6-2)14-9-7-8-11-4/h11H,5-9,14H2,1-4H3. The zero-order valence-electron chi connectivity index (χ0n) is 10.1. The van der Waals surface area contributed by atoms with Crippen molar-refractivity contribution < 1.29 is 9.47 Å². The molecule has 0 spiro atoms. The van der Waals surface area contributed by atoms with Crippen molar-refractivity contribution in [1.82, 2.24) is 5.32 Å². The first-order chi connectivity index (χ1) is 6.68. The van der Waals surface area contributed by atoms with Crippen molar-refractivity contribution in [2.45, 2.75) is 38.6 Å². The maximum Gasteiger partial charge on any atom is 0.142 e. The van der Waals surface area contributed by atoms with Gasteiger partial charge in [-0.05, 0) is 40.8 Å². The average Bonchev–Trinajstić information content (AvgIpc) is 2.13. The van der Waals surface area contributed by atoms with Crippen molar-refractivity contribution in [1.29, 1.82) is 0 Å². The Morgan fingerprint density at radius 3 is 2.21 bits per heavy atom. The Hall–Kier alpha value is 0.0969. The van der Waals surface area contributed by atoms with E-state index in [1.165, 1.54) is 12.5 Å². The topological polar surface area (TPSA) is 30.5 Å². The van der Waals surface area contributed by atoms with Gasteiger partial charge in [0.05, 0.1) is 9.52 Å². The monoisotopic (exact) mass is 219 g/mol. The maximum atomic E-state index is 5.67. The average molecular weight is 219 g/mol. The van der Waals surface area contributed by atoms with Crippen LogP contribution in [0.4, 0.5) is 0 Å². The van der Waals surface area contributed by atoms with Crippen molar-refractivity contribution in [2.75, 3.05) is 26.8 Å². The van der Waals surface area contributed by atoms with Crippen LogP contribution in [0.25, 0.3) is 0 Å². The van der Waals surface area contributed by atoms with Gasteiger partial charge < -0.3 is 14.8 Å². The summed E-state index contributed by atoms with van der Waals surface area (Å²) in [5, 5.41) is 3.16. The van der Waals surface area contributed by atoms with Crippen LogP contribution in [0.5, 0.6) is 0 Å². The Balaban J connectivity index is 3.71. The third kappa shape index (κ3) is 6.54. The largest absolute Gasteiger partial charge is 0.355 e. The van der Waals surface area contributed by atoms with E-state index < -0.39 is 0 Å². The second kappa shape index (κ2) is 8.41. The highest BCUT2D eigenvalue weighted by Gasteiger charge is 2.23. The van der Waals surface area contributed by atoms with E-state index in [1.807, 2.05) is 20.9 Å². The molecule has 0 bridgehead atoms. The van der Waals surface area contributed by atoms with Crippen LogP contribution in [0.2, 0.25) is 6.04 Å². The molecule has 0 aromatic heterocycles. The van der Waals surface area contributed by atoms with Gasteiger partial charge >= 0.3 is 0 Å². The van der Waals surface area contributed by atoms with E-state index >= 15 is 0 Å². The maximum absolute atomic E-state index is 5.67. The van der Waals surface area contributed by atoms with Crippen molar-refractivity contribution in [3.05, 3.63) is 0 Å². The molecule has 86 valence electrons. The lowest BCUT2D eigenvalue weighted by Gasteiger charge is -2.29. The van der Waals surface area contributed by atoms with Gasteiger partial charge in [-0.1, -0.05) is 6.04 Å². The normalized spacial score (nSPS) is 12.9. The zero-order valence-corrected chi connectivity index (χ0v) is 11.5. The Bertz CT molecular complexity index is 127. The Labute approximate surface area is 90.4 Å². The van der Waals surface area contributed by atoms with Gasteiger partial charge in [0.15, 0.2) is 0 Å². The third-order valence-corrected chi connectivity index (χ3v) is 4.38. The minimum atomic E-state index is -0.298. The molecule has 0 rings (SSSR count). The molecule has 0 aromatic carbocycles. The molecule has 0 aliphatic rings. The highest BCUT2D eigenvalue weighted by molar-refractivity contribution is 6.38. The van der Waals surface area contributed by atoms with Gasteiger partial charge in [0.1, 0.15) is 5.41 Å². The molecule has 3 nitrogen and oxygen atoms in total. The first-order valence-electron chi connectivity index (χ1n) is 5.61. The van der Waals surface area contributed by atoms with Gasteiger partial charge in [0.2, 0.25) is 0 Å². The number of ether oxygens (including phenoxy) is 2. The minimum absolute atomic E-state index is 0.239. The van der Waals surface area contributed by atoms with E-state index in [9.17, 15) is 0 Å². The second-order valence-corrected chi connectivity index (χ2v) is 6.05. The van der Waals surface area contributed by atoms with Gasteiger partial charge in [0, 0.05) is 13.2 Å². The molecule has 0 radical (unpaired) electrons. The van der Waals surface area contributed by atoms with E-state index in [0.717, 1.165) is 19.8 Å². The molecule has 0 aromatic rings. The summed E-state index contributed by atoms with van der Waals surface area (Å²) in [6.45, 7) is 8.73. The molecule has 14 heavy (non-hydrogen) atoms. The predicted molar refractivity (Wildman–Crippen MR) is 63.6 cm³/mol. The highest BCUT2D eigenvalue weighted by atomic mass is 28.2. The minimum Gasteiger partial charge on any atom is -0.355 e. The van der Waals surface area contributed by atoms with Crippen LogP contribution in [0.1, 0.15) is 27.2 Å². The quantitative estimate of drug-likeness (QED) is 0.355. The van der Waals surface area contributed by atoms with E-state index in [2.05, 4.69) is 12.2 Å². The summed E-state index contributed by atoms with van der Waals surface area (Å²) in [6, 6.07) is 1.28. The summed E-state index contributed by atoms with van der Waals surface area (Å²) in [4.78, 5) is 0. The second-order valence-electron chi connectivity index (χ2n) is 3.56. The summed E-state index contributed by atoms with van der Waals surface area (Å²) in [7, 11) is 1.69. The van der Waals surface area contributed by atoms with Gasteiger partial charge in [0.25, 0.3) is 0 Å². The molecule has 0 unspecified atom stereocenters. The molecule has 0 aliphatic carbocycles. The fourth-order valence-corrected chi connectivity index (χ4v) is 3.38. The van der Waals surface area contributed by atoms with Crippen LogP contribution >= 0.6 is 0 Å². The Morgan fingerprint density at radius 1 is 1.21 bits per heavy atom. The first kappa shape index (κ1) is 14.1. The van der Waals surface area contributed by atoms with Gasteiger partial charge in [-0.15, -0.1) is 0 Å². The molecule has 0 amide bonds. The van der Waals surface area contributed by atoms with Gasteiger partial charge in [-0.3, -0.25) is 0 Å².